The third kappa shape index (κ3) is 1.30. The van der Waals surface area contributed by atoms with Crippen molar-refractivity contribution >= 4 is 27.1 Å². The van der Waals surface area contributed by atoms with E-state index in [1.165, 1.54) is 0 Å². The Morgan fingerprint density at radius 1 is 1.46 bits per heavy atom. The molecule has 0 saturated carbocycles. The predicted molar refractivity (Wildman–Crippen MR) is 56.9 cm³/mol. The molecule has 0 atom stereocenters. The van der Waals surface area contributed by atoms with Gasteiger partial charge in [-0.3, -0.25) is 0 Å². The molecule has 0 spiro atoms. The van der Waals surface area contributed by atoms with E-state index >= 15 is 0 Å². The van der Waals surface area contributed by atoms with Crippen LogP contribution >= 0.6 is 11.3 Å². The Labute approximate surface area is 80.6 Å². The van der Waals surface area contributed by atoms with Crippen LogP contribution in [0.1, 0.15) is 11.1 Å². The van der Waals surface area contributed by atoms with Crippen LogP contribution in [0.5, 0.6) is 0 Å². The minimum absolute atomic E-state index is 0.0918. The summed E-state index contributed by atoms with van der Waals surface area (Å²) in [6, 6.07) is 3.97. The second kappa shape index (κ2) is 3.01. The van der Waals surface area contributed by atoms with E-state index in [1.807, 2.05) is 24.4 Å². The Hall–Kier alpha value is -1.06. The second-order valence-corrected chi connectivity index (χ2v) is 4.05. The lowest BCUT2D eigenvalue weighted by molar-refractivity contribution is 0.282. The molecule has 0 bridgehead atoms. The van der Waals surface area contributed by atoms with Gasteiger partial charge in [-0.2, -0.15) is 0 Å². The van der Waals surface area contributed by atoms with Gasteiger partial charge in [-0.25, -0.2) is 0 Å². The van der Waals surface area contributed by atoms with Gasteiger partial charge in [0.05, 0.1) is 12.3 Å². The number of hydrogen-bond acceptors (Lipinski definition) is 3. The molecular weight excluding hydrogens is 182 g/mol. The summed E-state index contributed by atoms with van der Waals surface area (Å²) in [5.74, 6) is 0. The van der Waals surface area contributed by atoms with Crippen molar-refractivity contribution < 1.29 is 5.11 Å². The van der Waals surface area contributed by atoms with Crippen LogP contribution in [0.3, 0.4) is 0 Å². The normalized spacial score (nSPS) is 10.9. The highest BCUT2D eigenvalue weighted by molar-refractivity contribution is 7.17. The molecule has 0 saturated heterocycles. The minimum Gasteiger partial charge on any atom is -0.398 e. The standard InChI is InChI=1S/C10H11NOS/c1-6-2-7(4-12)3-9-10(6)8(11)5-13-9/h2-3,5,12H,4,11H2,1H3. The number of hydrogen-bond donors (Lipinski definition) is 2. The zero-order valence-electron chi connectivity index (χ0n) is 7.37. The van der Waals surface area contributed by atoms with Gasteiger partial charge >= 0.3 is 0 Å². The topological polar surface area (TPSA) is 46.2 Å². The van der Waals surface area contributed by atoms with E-state index in [-0.39, 0.29) is 6.61 Å². The van der Waals surface area contributed by atoms with E-state index in [4.69, 9.17) is 10.8 Å². The maximum Gasteiger partial charge on any atom is 0.0682 e. The molecule has 3 N–H and O–H groups in total. The predicted octanol–water partition coefficient (Wildman–Crippen LogP) is 2.28. The van der Waals surface area contributed by atoms with Crippen molar-refractivity contribution in [2.24, 2.45) is 0 Å². The van der Waals surface area contributed by atoms with Crippen LogP contribution in [0.4, 0.5) is 5.69 Å². The fourth-order valence-corrected chi connectivity index (χ4v) is 2.55. The average Bonchev–Trinajstić information content (AvgIpc) is 2.48. The molecule has 1 aromatic carbocycles. The maximum atomic E-state index is 9.00. The van der Waals surface area contributed by atoms with Gasteiger partial charge in [-0.15, -0.1) is 11.3 Å². The van der Waals surface area contributed by atoms with Crippen molar-refractivity contribution in [3.63, 3.8) is 0 Å². The molecule has 1 aromatic heterocycles. The molecule has 0 aliphatic rings. The molecule has 0 amide bonds. The number of anilines is 1. The molecule has 3 heteroatoms. The Morgan fingerprint density at radius 3 is 2.92 bits per heavy atom. The fraction of sp³-hybridized carbons (Fsp3) is 0.200. The highest BCUT2D eigenvalue weighted by Gasteiger charge is 2.05. The van der Waals surface area contributed by atoms with Crippen molar-refractivity contribution in [3.8, 4) is 0 Å². The number of nitrogens with two attached hydrogens (primary N) is 1. The summed E-state index contributed by atoms with van der Waals surface area (Å²) < 4.78 is 1.15. The molecule has 0 fully saturated rings. The maximum absolute atomic E-state index is 9.00. The molecule has 0 radical (unpaired) electrons. The summed E-state index contributed by atoms with van der Waals surface area (Å²) in [6.07, 6.45) is 0. The van der Waals surface area contributed by atoms with E-state index in [1.54, 1.807) is 11.3 Å². The summed E-state index contributed by atoms with van der Waals surface area (Å²) in [5.41, 5.74) is 8.74. The van der Waals surface area contributed by atoms with E-state index in [0.29, 0.717) is 0 Å². The summed E-state index contributed by atoms with van der Waals surface area (Å²) in [5, 5.41) is 12.1. The number of benzene rings is 1. The van der Waals surface area contributed by atoms with Crippen LogP contribution in [-0.2, 0) is 6.61 Å². The van der Waals surface area contributed by atoms with Crippen molar-refractivity contribution in [3.05, 3.63) is 28.6 Å². The molecule has 2 rings (SSSR count). The number of rotatable bonds is 1. The van der Waals surface area contributed by atoms with Gasteiger partial charge in [-0.1, -0.05) is 6.07 Å². The second-order valence-electron chi connectivity index (χ2n) is 3.14. The molecule has 68 valence electrons. The number of nitrogen functional groups attached to an aromatic ring is 1. The Balaban J connectivity index is 2.79. The number of aryl methyl sites for hydroxylation is 1. The SMILES string of the molecule is Cc1cc(CO)cc2scc(N)c12. The summed E-state index contributed by atoms with van der Waals surface area (Å²) in [4.78, 5) is 0. The number of thiophene rings is 1. The van der Waals surface area contributed by atoms with Crippen LogP contribution in [0.2, 0.25) is 0 Å². The van der Waals surface area contributed by atoms with Gasteiger partial charge in [0.1, 0.15) is 0 Å². The first-order chi connectivity index (χ1) is 6.22. The van der Waals surface area contributed by atoms with Crippen LogP contribution in [0, 0.1) is 6.92 Å². The summed E-state index contributed by atoms with van der Waals surface area (Å²) in [7, 11) is 0. The van der Waals surface area contributed by atoms with Gasteiger partial charge in [0.2, 0.25) is 0 Å². The first kappa shape index (κ1) is 8.53. The van der Waals surface area contributed by atoms with Crippen LogP contribution in [0.25, 0.3) is 10.1 Å². The van der Waals surface area contributed by atoms with Crippen molar-refractivity contribution in [2.45, 2.75) is 13.5 Å². The van der Waals surface area contributed by atoms with Gasteiger partial charge < -0.3 is 10.8 Å². The zero-order valence-corrected chi connectivity index (χ0v) is 8.19. The van der Waals surface area contributed by atoms with E-state index in [2.05, 4.69) is 0 Å². The van der Waals surface area contributed by atoms with E-state index in [9.17, 15) is 0 Å². The fourth-order valence-electron chi connectivity index (χ4n) is 1.57. The third-order valence-corrected chi connectivity index (χ3v) is 3.09. The summed E-state index contributed by atoms with van der Waals surface area (Å²) in [6.45, 7) is 2.11. The number of aliphatic hydroxyl groups is 1. The molecule has 2 aromatic rings. The van der Waals surface area contributed by atoms with E-state index < -0.39 is 0 Å². The van der Waals surface area contributed by atoms with Gasteiger partial charge in [0.25, 0.3) is 0 Å². The highest BCUT2D eigenvalue weighted by atomic mass is 32.1. The average molecular weight is 193 g/mol. The van der Waals surface area contributed by atoms with Crippen LogP contribution in [-0.4, -0.2) is 5.11 Å². The lowest BCUT2D eigenvalue weighted by atomic mass is 10.1. The summed E-state index contributed by atoms with van der Waals surface area (Å²) >= 11 is 1.62. The van der Waals surface area contributed by atoms with Gasteiger partial charge in [0, 0.05) is 15.5 Å². The number of aliphatic hydroxyl groups excluding tert-OH is 1. The zero-order chi connectivity index (χ0) is 9.42. The molecule has 0 unspecified atom stereocenters. The van der Waals surface area contributed by atoms with Crippen LogP contribution in [0.15, 0.2) is 17.5 Å². The number of fused-ring (bicyclic) bond motifs is 1. The molecular formula is C10H11NOS. The molecule has 2 nitrogen and oxygen atoms in total. The quantitative estimate of drug-likeness (QED) is 0.730. The smallest absolute Gasteiger partial charge is 0.0682 e. The Bertz CT molecular complexity index is 447. The first-order valence-corrected chi connectivity index (χ1v) is 4.97. The highest BCUT2D eigenvalue weighted by Crippen LogP contribution is 2.31. The van der Waals surface area contributed by atoms with Gasteiger partial charge in [-0.05, 0) is 24.1 Å². The Kier molecular flexibility index (Phi) is 1.98. The van der Waals surface area contributed by atoms with Crippen molar-refractivity contribution in [2.75, 3.05) is 5.73 Å². The molecule has 0 aliphatic carbocycles. The lowest BCUT2D eigenvalue weighted by Gasteiger charge is -2.01. The third-order valence-electron chi connectivity index (χ3n) is 2.14. The van der Waals surface area contributed by atoms with Crippen molar-refractivity contribution in [1.29, 1.82) is 0 Å². The van der Waals surface area contributed by atoms with Gasteiger partial charge in [0.15, 0.2) is 0 Å². The molecule has 1 heterocycles. The Morgan fingerprint density at radius 2 is 2.23 bits per heavy atom. The first-order valence-electron chi connectivity index (χ1n) is 4.09. The minimum atomic E-state index is 0.0918. The monoisotopic (exact) mass is 193 g/mol. The van der Waals surface area contributed by atoms with E-state index in [0.717, 1.165) is 26.9 Å². The molecule has 13 heavy (non-hydrogen) atoms. The largest absolute Gasteiger partial charge is 0.398 e. The van der Waals surface area contributed by atoms with Crippen molar-refractivity contribution in [1.82, 2.24) is 0 Å². The van der Waals surface area contributed by atoms with Crippen LogP contribution < -0.4 is 5.73 Å². The lowest BCUT2D eigenvalue weighted by Crippen LogP contribution is -1.87. The molecule has 0 aliphatic heterocycles.